The Balaban J connectivity index is 4.75. The minimum Gasteiger partial charge on any atom is -0.512 e. The van der Waals surface area contributed by atoms with Crippen LogP contribution in [0.4, 0.5) is 13.2 Å². The summed E-state index contributed by atoms with van der Waals surface area (Å²) in [4.78, 5) is 11.7. The molecule has 0 spiro atoms. The van der Waals surface area contributed by atoms with Crippen molar-refractivity contribution < 1.29 is 23.1 Å². The van der Waals surface area contributed by atoms with Gasteiger partial charge in [0.1, 0.15) is 0 Å². The van der Waals surface area contributed by atoms with Gasteiger partial charge in [0.05, 0.1) is 12.2 Å². The van der Waals surface area contributed by atoms with E-state index in [2.05, 4.69) is 0 Å². The first kappa shape index (κ1) is 17.0. The molecule has 0 aliphatic heterocycles. The summed E-state index contributed by atoms with van der Waals surface area (Å²) in [7, 11) is 0. The molecule has 0 aromatic heterocycles. The molecule has 0 aromatic rings. The second-order valence-electron chi connectivity index (χ2n) is 4.41. The first-order valence-electron chi connectivity index (χ1n) is 6.26. The Morgan fingerprint density at radius 2 is 1.56 bits per heavy atom. The monoisotopic (exact) mass is 266 g/mol. The fourth-order valence-electron chi connectivity index (χ4n) is 1.81. The number of carbonyl (C=O) groups is 1. The summed E-state index contributed by atoms with van der Waals surface area (Å²) in [5, 5.41) is 9.68. The zero-order valence-corrected chi connectivity index (χ0v) is 11.0. The molecule has 0 saturated carbocycles. The lowest BCUT2D eigenvalue weighted by molar-refractivity contribution is -0.151. The van der Waals surface area contributed by atoms with Crippen LogP contribution in [0.2, 0.25) is 0 Å². The van der Waals surface area contributed by atoms with Crippen molar-refractivity contribution in [2.45, 2.75) is 52.6 Å². The normalized spacial score (nSPS) is 14.9. The number of halogens is 3. The van der Waals surface area contributed by atoms with E-state index < -0.39 is 24.3 Å². The van der Waals surface area contributed by atoms with Crippen molar-refractivity contribution in [2.24, 2.45) is 11.8 Å². The fourth-order valence-corrected chi connectivity index (χ4v) is 1.81. The number of aliphatic hydroxyl groups excluding tert-OH is 1. The lowest BCUT2D eigenvalue weighted by Gasteiger charge is -2.16. The predicted molar refractivity (Wildman–Crippen MR) is 64.2 cm³/mol. The van der Waals surface area contributed by atoms with E-state index in [1.54, 1.807) is 0 Å². The number of hydrogen-bond acceptors (Lipinski definition) is 2. The van der Waals surface area contributed by atoms with Crippen molar-refractivity contribution in [1.29, 1.82) is 0 Å². The zero-order valence-electron chi connectivity index (χ0n) is 11.0. The van der Waals surface area contributed by atoms with Crippen LogP contribution in [0.15, 0.2) is 11.8 Å². The predicted octanol–water partition coefficient (Wildman–Crippen LogP) is 4.41. The molecule has 0 radical (unpaired) electrons. The third kappa shape index (κ3) is 6.07. The average Bonchev–Trinajstić information content (AvgIpc) is 2.26. The van der Waals surface area contributed by atoms with Crippen LogP contribution in [0, 0.1) is 11.8 Å². The van der Waals surface area contributed by atoms with Gasteiger partial charge in [-0.25, -0.2) is 0 Å². The second kappa shape index (κ2) is 7.44. The van der Waals surface area contributed by atoms with Gasteiger partial charge in [-0.2, -0.15) is 13.2 Å². The Morgan fingerprint density at radius 3 is 1.89 bits per heavy atom. The van der Waals surface area contributed by atoms with E-state index in [9.17, 15) is 23.1 Å². The highest BCUT2D eigenvalue weighted by Gasteiger charge is 2.33. The summed E-state index contributed by atoms with van der Waals surface area (Å²) < 4.78 is 36.7. The maximum absolute atomic E-state index is 12.2. The van der Waals surface area contributed by atoms with Crippen molar-refractivity contribution in [3.05, 3.63) is 11.8 Å². The lowest BCUT2D eigenvalue weighted by Crippen LogP contribution is -2.21. The summed E-state index contributed by atoms with van der Waals surface area (Å²) in [5.74, 6) is -2.00. The van der Waals surface area contributed by atoms with Gasteiger partial charge in [0.15, 0.2) is 5.78 Å². The Labute approximate surface area is 106 Å². The molecule has 2 nitrogen and oxygen atoms in total. The van der Waals surface area contributed by atoms with Crippen LogP contribution < -0.4 is 0 Å². The van der Waals surface area contributed by atoms with Gasteiger partial charge in [-0.05, 0) is 19.3 Å². The molecule has 106 valence electrons. The Bertz CT molecular complexity index is 291. The molecule has 1 unspecified atom stereocenters. The molecule has 0 aromatic carbocycles. The summed E-state index contributed by atoms with van der Waals surface area (Å²) in [6, 6.07) is 0. The van der Waals surface area contributed by atoms with Crippen LogP contribution in [0.1, 0.15) is 46.5 Å². The van der Waals surface area contributed by atoms with Crippen LogP contribution in [0.5, 0.6) is 0 Å². The number of ketones is 1. The summed E-state index contributed by atoms with van der Waals surface area (Å²) in [6.45, 7) is 5.25. The van der Waals surface area contributed by atoms with Gasteiger partial charge in [0.25, 0.3) is 0 Å². The molecular formula is C13H21F3O2. The number of carbonyl (C=O) groups excluding carboxylic acids is 1. The highest BCUT2D eigenvalue weighted by molar-refractivity contribution is 5.92. The van der Waals surface area contributed by atoms with Crippen LogP contribution in [0.3, 0.4) is 0 Å². The lowest BCUT2D eigenvalue weighted by atomic mass is 9.93. The van der Waals surface area contributed by atoms with Crippen LogP contribution in [-0.2, 0) is 4.79 Å². The molecule has 1 atom stereocenters. The van der Waals surface area contributed by atoms with E-state index in [-0.39, 0.29) is 18.1 Å². The van der Waals surface area contributed by atoms with Crippen LogP contribution in [-0.4, -0.2) is 17.1 Å². The van der Waals surface area contributed by atoms with Gasteiger partial charge in [-0.3, -0.25) is 4.79 Å². The molecule has 0 bridgehead atoms. The van der Waals surface area contributed by atoms with Crippen LogP contribution >= 0.6 is 0 Å². The molecule has 0 amide bonds. The highest BCUT2D eigenvalue weighted by atomic mass is 19.4. The maximum Gasteiger partial charge on any atom is 0.389 e. The number of alkyl halides is 3. The minimum absolute atomic E-state index is 0.106. The first-order chi connectivity index (χ1) is 8.25. The van der Waals surface area contributed by atoms with Crippen molar-refractivity contribution in [3.63, 3.8) is 0 Å². The molecule has 0 aliphatic rings. The highest BCUT2D eigenvalue weighted by Crippen LogP contribution is 2.28. The molecule has 1 N–H and O–H groups in total. The maximum atomic E-state index is 12.2. The smallest absolute Gasteiger partial charge is 0.389 e. The topological polar surface area (TPSA) is 37.3 Å². The Morgan fingerprint density at radius 1 is 1.11 bits per heavy atom. The van der Waals surface area contributed by atoms with Gasteiger partial charge < -0.3 is 5.11 Å². The van der Waals surface area contributed by atoms with Gasteiger partial charge in [-0.15, -0.1) is 0 Å². The molecule has 5 heteroatoms. The zero-order chi connectivity index (χ0) is 14.3. The van der Waals surface area contributed by atoms with E-state index in [0.717, 1.165) is 6.08 Å². The molecule has 0 heterocycles. The molecule has 0 saturated heterocycles. The van der Waals surface area contributed by atoms with E-state index in [0.29, 0.717) is 12.8 Å². The molecule has 0 rings (SSSR count). The summed E-state index contributed by atoms with van der Waals surface area (Å²) in [5.41, 5.74) is 0. The van der Waals surface area contributed by atoms with Gasteiger partial charge in [0.2, 0.25) is 0 Å². The molecule has 0 aliphatic carbocycles. The first-order valence-corrected chi connectivity index (χ1v) is 6.26. The third-order valence-corrected chi connectivity index (χ3v) is 3.07. The number of allylic oxidation sites excluding steroid dienone is 2. The van der Waals surface area contributed by atoms with Crippen LogP contribution in [0.25, 0.3) is 0 Å². The van der Waals surface area contributed by atoms with E-state index in [1.807, 2.05) is 13.8 Å². The minimum atomic E-state index is -4.35. The second-order valence-corrected chi connectivity index (χ2v) is 4.41. The Kier molecular flexibility index (Phi) is 7.02. The number of rotatable bonds is 7. The number of hydrogen-bond donors (Lipinski definition) is 1. The fraction of sp³-hybridized carbons (Fsp3) is 0.769. The van der Waals surface area contributed by atoms with Crippen molar-refractivity contribution in [3.8, 4) is 0 Å². The molecule has 18 heavy (non-hydrogen) atoms. The summed E-state index contributed by atoms with van der Waals surface area (Å²) >= 11 is 0. The van der Waals surface area contributed by atoms with Crippen molar-refractivity contribution >= 4 is 5.78 Å². The third-order valence-electron chi connectivity index (χ3n) is 3.07. The van der Waals surface area contributed by atoms with E-state index >= 15 is 0 Å². The van der Waals surface area contributed by atoms with Crippen molar-refractivity contribution in [1.82, 2.24) is 0 Å². The van der Waals surface area contributed by atoms with E-state index in [1.165, 1.54) is 6.92 Å². The largest absolute Gasteiger partial charge is 0.512 e. The average molecular weight is 266 g/mol. The van der Waals surface area contributed by atoms with Gasteiger partial charge in [-0.1, -0.05) is 20.8 Å². The van der Waals surface area contributed by atoms with Gasteiger partial charge >= 0.3 is 6.18 Å². The number of aliphatic hydroxyl groups is 1. The van der Waals surface area contributed by atoms with Crippen molar-refractivity contribution in [2.75, 3.05) is 0 Å². The molecule has 0 fully saturated rings. The standard InChI is InChI=1S/C13H21F3O2/c1-4-9(5-2)11(17)7-12(18)10(6-3)8-13(14,15)16/h7,9-10,17H,4-6,8H2,1-3H3/b11-7-. The van der Waals surface area contributed by atoms with Gasteiger partial charge in [0, 0.05) is 17.9 Å². The Hall–Kier alpha value is -1.00. The summed E-state index contributed by atoms with van der Waals surface area (Å²) in [6.07, 6.45) is -3.09. The SMILES string of the molecule is CCC(CC(F)(F)F)C(=O)/C=C(\O)C(CC)CC. The molecular weight excluding hydrogens is 245 g/mol. The van der Waals surface area contributed by atoms with E-state index in [4.69, 9.17) is 0 Å². The quantitative estimate of drug-likeness (QED) is 0.547.